The van der Waals surface area contributed by atoms with Crippen LogP contribution in [0.1, 0.15) is 16.7 Å². The summed E-state index contributed by atoms with van der Waals surface area (Å²) in [4.78, 5) is 12.7. The average Bonchev–Trinajstić information content (AvgIpc) is 2.92. The van der Waals surface area contributed by atoms with Gasteiger partial charge in [-0.25, -0.2) is 18.2 Å². The molecular weight excluding hydrogens is 505 g/mol. The molecule has 1 amide bonds. The molecule has 0 heterocycles. The Morgan fingerprint density at radius 1 is 0.921 bits per heavy atom. The lowest BCUT2D eigenvalue weighted by atomic mass is 10.2. The number of hydrazone groups is 1. The van der Waals surface area contributed by atoms with Gasteiger partial charge in [-0.15, -0.1) is 0 Å². The summed E-state index contributed by atoms with van der Waals surface area (Å²) in [5.41, 5.74) is 4.56. The molecule has 0 radical (unpaired) electrons. The highest BCUT2D eigenvalue weighted by molar-refractivity contribution is 7.92. The summed E-state index contributed by atoms with van der Waals surface area (Å²) in [5, 5.41) is 3.97. The number of para-hydroxylation sites is 2. The van der Waals surface area contributed by atoms with Gasteiger partial charge in [0.15, 0.2) is 0 Å². The predicted molar refractivity (Wildman–Crippen MR) is 145 cm³/mol. The number of halogens is 1. The van der Waals surface area contributed by atoms with Crippen molar-refractivity contribution >= 4 is 27.8 Å². The monoisotopic (exact) mass is 531 g/mol. The quantitative estimate of drug-likeness (QED) is 0.229. The Bertz CT molecular complexity index is 1530. The SMILES string of the molecule is Cc1ccc(S(=O)(=O)N(CC(=O)N/N=C/c2ccccc2OCc2ccccc2)c2ccccc2F)cc1. The highest BCUT2D eigenvalue weighted by Gasteiger charge is 2.29. The number of sulfonamides is 1. The molecule has 0 aliphatic rings. The second-order valence-electron chi connectivity index (χ2n) is 8.38. The van der Waals surface area contributed by atoms with E-state index >= 15 is 0 Å². The van der Waals surface area contributed by atoms with E-state index in [9.17, 15) is 17.6 Å². The Hall–Kier alpha value is -4.50. The predicted octanol–water partition coefficient (Wildman–Crippen LogP) is 5.06. The Labute approximate surface area is 221 Å². The minimum absolute atomic E-state index is 0.0628. The van der Waals surface area contributed by atoms with Crippen molar-refractivity contribution in [3.05, 3.63) is 126 Å². The third-order valence-electron chi connectivity index (χ3n) is 5.57. The summed E-state index contributed by atoms with van der Waals surface area (Å²) < 4.78 is 48.0. The van der Waals surface area contributed by atoms with E-state index < -0.39 is 28.3 Å². The van der Waals surface area contributed by atoms with Crippen molar-refractivity contribution < 1.29 is 22.3 Å². The molecule has 0 aliphatic carbocycles. The first-order valence-corrected chi connectivity index (χ1v) is 13.2. The van der Waals surface area contributed by atoms with E-state index in [0.29, 0.717) is 17.9 Å². The van der Waals surface area contributed by atoms with Crippen molar-refractivity contribution in [3.8, 4) is 5.75 Å². The Morgan fingerprint density at radius 2 is 1.58 bits per heavy atom. The van der Waals surface area contributed by atoms with Crippen molar-refractivity contribution in [3.63, 3.8) is 0 Å². The molecule has 194 valence electrons. The molecule has 4 aromatic rings. The summed E-state index contributed by atoms with van der Waals surface area (Å²) in [6, 6.07) is 28.3. The van der Waals surface area contributed by atoms with Gasteiger partial charge in [0.25, 0.3) is 15.9 Å². The van der Waals surface area contributed by atoms with Gasteiger partial charge in [0, 0.05) is 5.56 Å². The maximum atomic E-state index is 14.6. The zero-order valence-electron chi connectivity index (χ0n) is 20.6. The van der Waals surface area contributed by atoms with E-state index in [2.05, 4.69) is 10.5 Å². The molecule has 0 aliphatic heterocycles. The molecule has 1 N–H and O–H groups in total. The van der Waals surface area contributed by atoms with Crippen molar-refractivity contribution in [1.29, 1.82) is 0 Å². The number of carbonyl (C=O) groups is 1. The lowest BCUT2D eigenvalue weighted by molar-refractivity contribution is -0.119. The molecule has 0 atom stereocenters. The fourth-order valence-electron chi connectivity index (χ4n) is 3.58. The maximum Gasteiger partial charge on any atom is 0.264 e. The number of ether oxygens (including phenoxy) is 1. The molecule has 38 heavy (non-hydrogen) atoms. The minimum atomic E-state index is -4.25. The van der Waals surface area contributed by atoms with Crippen LogP contribution in [0.5, 0.6) is 5.75 Å². The maximum absolute atomic E-state index is 14.6. The average molecular weight is 532 g/mol. The van der Waals surface area contributed by atoms with Gasteiger partial charge in [0.05, 0.1) is 16.8 Å². The van der Waals surface area contributed by atoms with Crippen LogP contribution in [0.25, 0.3) is 0 Å². The van der Waals surface area contributed by atoms with Crippen LogP contribution >= 0.6 is 0 Å². The van der Waals surface area contributed by atoms with E-state index in [1.54, 1.807) is 30.3 Å². The fourth-order valence-corrected chi connectivity index (χ4v) is 5.01. The minimum Gasteiger partial charge on any atom is -0.488 e. The van der Waals surface area contributed by atoms with Gasteiger partial charge in [-0.2, -0.15) is 5.10 Å². The zero-order valence-corrected chi connectivity index (χ0v) is 21.4. The molecule has 0 aromatic heterocycles. The Morgan fingerprint density at radius 3 is 2.32 bits per heavy atom. The van der Waals surface area contributed by atoms with Crippen LogP contribution in [-0.2, 0) is 21.4 Å². The third-order valence-corrected chi connectivity index (χ3v) is 7.34. The number of hydrogen-bond donors (Lipinski definition) is 1. The molecule has 0 spiro atoms. The van der Waals surface area contributed by atoms with Gasteiger partial charge < -0.3 is 4.74 Å². The van der Waals surface area contributed by atoms with E-state index in [1.165, 1.54) is 36.5 Å². The molecule has 0 saturated heterocycles. The highest BCUT2D eigenvalue weighted by atomic mass is 32.2. The van der Waals surface area contributed by atoms with E-state index in [-0.39, 0.29) is 10.6 Å². The number of hydrogen-bond acceptors (Lipinski definition) is 5. The van der Waals surface area contributed by atoms with Crippen LogP contribution in [0.2, 0.25) is 0 Å². The molecule has 0 fully saturated rings. The lowest BCUT2D eigenvalue weighted by Crippen LogP contribution is -2.40. The number of carbonyl (C=O) groups excluding carboxylic acids is 1. The smallest absolute Gasteiger partial charge is 0.264 e. The normalized spacial score (nSPS) is 11.3. The molecule has 7 nitrogen and oxygen atoms in total. The largest absolute Gasteiger partial charge is 0.488 e. The van der Waals surface area contributed by atoms with E-state index in [0.717, 1.165) is 21.5 Å². The van der Waals surface area contributed by atoms with Crippen LogP contribution in [0, 0.1) is 12.7 Å². The molecule has 0 bridgehead atoms. The molecule has 4 rings (SSSR count). The summed E-state index contributed by atoms with van der Waals surface area (Å²) in [6.07, 6.45) is 1.40. The molecule has 4 aromatic carbocycles. The first kappa shape index (κ1) is 26.6. The number of benzene rings is 4. The second-order valence-corrected chi connectivity index (χ2v) is 10.2. The highest BCUT2D eigenvalue weighted by Crippen LogP contribution is 2.26. The standard InChI is InChI=1S/C29H26FN3O4S/c1-22-15-17-25(18-16-22)38(35,36)33(27-13-7-6-12-26(27)30)20-29(34)32-31-19-24-11-5-8-14-28(24)37-21-23-9-3-2-4-10-23/h2-19H,20-21H2,1H3,(H,32,34)/b31-19+. The number of amides is 1. The number of rotatable bonds is 10. The molecule has 0 unspecified atom stereocenters. The van der Waals surface area contributed by atoms with Crippen molar-refractivity contribution in [1.82, 2.24) is 5.43 Å². The van der Waals surface area contributed by atoms with Gasteiger partial charge in [-0.05, 0) is 48.9 Å². The van der Waals surface area contributed by atoms with E-state index in [1.807, 2.05) is 43.3 Å². The van der Waals surface area contributed by atoms with Gasteiger partial charge in [-0.1, -0.05) is 72.3 Å². The summed E-state index contributed by atoms with van der Waals surface area (Å²) in [7, 11) is -4.25. The van der Waals surface area contributed by atoms with Crippen molar-refractivity contribution in [2.45, 2.75) is 18.4 Å². The van der Waals surface area contributed by atoms with Crippen LogP contribution < -0.4 is 14.5 Å². The van der Waals surface area contributed by atoms with Crippen LogP contribution in [0.3, 0.4) is 0 Å². The number of anilines is 1. The van der Waals surface area contributed by atoms with Crippen LogP contribution in [0.15, 0.2) is 113 Å². The Kier molecular flexibility index (Phi) is 8.50. The van der Waals surface area contributed by atoms with Crippen LogP contribution in [-0.4, -0.2) is 27.1 Å². The van der Waals surface area contributed by atoms with Gasteiger partial charge in [-0.3, -0.25) is 9.10 Å². The van der Waals surface area contributed by atoms with Crippen molar-refractivity contribution in [2.75, 3.05) is 10.8 Å². The molecule has 0 saturated carbocycles. The topological polar surface area (TPSA) is 88.1 Å². The lowest BCUT2D eigenvalue weighted by Gasteiger charge is -2.24. The van der Waals surface area contributed by atoms with Gasteiger partial charge in [0.1, 0.15) is 24.7 Å². The summed E-state index contributed by atoms with van der Waals surface area (Å²) in [6.45, 7) is 1.49. The summed E-state index contributed by atoms with van der Waals surface area (Å²) >= 11 is 0. The van der Waals surface area contributed by atoms with Crippen molar-refractivity contribution in [2.24, 2.45) is 5.10 Å². The third kappa shape index (κ3) is 6.63. The van der Waals surface area contributed by atoms with Gasteiger partial charge in [0.2, 0.25) is 0 Å². The molecular formula is C29H26FN3O4S. The fraction of sp³-hybridized carbons (Fsp3) is 0.103. The zero-order chi connectivity index (χ0) is 27.0. The number of nitrogens with zero attached hydrogens (tertiary/aromatic N) is 2. The van der Waals surface area contributed by atoms with Crippen LogP contribution in [0.4, 0.5) is 10.1 Å². The second kappa shape index (κ2) is 12.2. The molecule has 9 heteroatoms. The number of nitrogens with one attached hydrogen (secondary N) is 1. The number of aryl methyl sites for hydroxylation is 1. The van der Waals surface area contributed by atoms with Gasteiger partial charge >= 0.3 is 0 Å². The first-order chi connectivity index (χ1) is 18.3. The first-order valence-electron chi connectivity index (χ1n) is 11.8. The summed E-state index contributed by atoms with van der Waals surface area (Å²) in [5.74, 6) is -0.962. The van der Waals surface area contributed by atoms with E-state index in [4.69, 9.17) is 4.74 Å². The Balaban J connectivity index is 1.50.